The van der Waals surface area contributed by atoms with Crippen LogP contribution < -0.4 is 5.32 Å². The number of benzene rings is 1. The van der Waals surface area contributed by atoms with Gasteiger partial charge in [-0.25, -0.2) is 4.98 Å². The van der Waals surface area contributed by atoms with Crippen LogP contribution >= 0.6 is 0 Å². The Morgan fingerprint density at radius 1 is 0.914 bits per heavy atom. The molecular weight excluding hydrogens is 440 g/mol. The van der Waals surface area contributed by atoms with Gasteiger partial charge in [0.2, 0.25) is 5.91 Å². The molecule has 6 rings (SSSR count). The van der Waals surface area contributed by atoms with Crippen LogP contribution in [0.25, 0.3) is 55.8 Å². The van der Waals surface area contributed by atoms with Gasteiger partial charge in [-0.1, -0.05) is 13.0 Å². The van der Waals surface area contributed by atoms with Crippen LogP contribution in [-0.2, 0) is 4.79 Å². The van der Waals surface area contributed by atoms with E-state index in [9.17, 15) is 4.79 Å². The molecule has 5 heterocycles. The molecular formula is C26H20N8O. The summed E-state index contributed by atoms with van der Waals surface area (Å²) < 4.78 is 0. The van der Waals surface area contributed by atoms with Crippen molar-refractivity contribution in [3.8, 4) is 33.9 Å². The lowest BCUT2D eigenvalue weighted by molar-refractivity contribution is -0.115. The monoisotopic (exact) mass is 460 g/mol. The Labute approximate surface area is 199 Å². The Morgan fingerprint density at radius 3 is 2.69 bits per heavy atom. The smallest absolute Gasteiger partial charge is 0.224 e. The predicted octanol–water partition coefficient (Wildman–Crippen LogP) is 4.97. The van der Waals surface area contributed by atoms with Crippen molar-refractivity contribution < 1.29 is 4.79 Å². The Balaban J connectivity index is 1.43. The van der Waals surface area contributed by atoms with Crippen molar-refractivity contribution in [1.29, 1.82) is 0 Å². The molecule has 0 spiro atoms. The van der Waals surface area contributed by atoms with Gasteiger partial charge < -0.3 is 10.3 Å². The van der Waals surface area contributed by atoms with Crippen molar-refractivity contribution in [1.82, 2.24) is 35.1 Å². The fourth-order valence-electron chi connectivity index (χ4n) is 4.05. The number of H-pyrrole nitrogens is 2. The number of carbonyl (C=O) groups is 1. The van der Waals surface area contributed by atoms with E-state index in [1.807, 2.05) is 49.4 Å². The molecule has 9 nitrogen and oxygen atoms in total. The average Bonchev–Trinajstić information content (AvgIpc) is 3.53. The molecule has 0 aliphatic rings. The summed E-state index contributed by atoms with van der Waals surface area (Å²) in [6, 6.07) is 13.7. The van der Waals surface area contributed by atoms with Crippen molar-refractivity contribution in [3.63, 3.8) is 0 Å². The van der Waals surface area contributed by atoms with Gasteiger partial charge in [-0.05, 0) is 42.0 Å². The first-order chi connectivity index (χ1) is 17.2. The number of hydrogen-bond donors (Lipinski definition) is 3. The van der Waals surface area contributed by atoms with E-state index in [1.54, 1.807) is 31.0 Å². The Hall–Kier alpha value is -4.92. The minimum atomic E-state index is -0.0541. The molecule has 0 saturated carbocycles. The number of nitrogens with one attached hydrogen (secondary N) is 3. The molecule has 170 valence electrons. The Morgan fingerprint density at radius 2 is 1.83 bits per heavy atom. The SMILES string of the molecule is CCC(=O)Nc1cncc(-c2ccc3[nH]nc(-c4nc5c(-c6cccnc6)nccc5[nH]4)c3c2)c1. The zero-order chi connectivity index (χ0) is 23.8. The highest BCUT2D eigenvalue weighted by atomic mass is 16.1. The van der Waals surface area contributed by atoms with Crippen LogP contribution in [0.15, 0.2) is 73.4 Å². The van der Waals surface area contributed by atoms with Crippen LogP contribution in [0.2, 0.25) is 0 Å². The normalized spacial score (nSPS) is 11.2. The second kappa shape index (κ2) is 8.45. The highest BCUT2D eigenvalue weighted by Crippen LogP contribution is 2.32. The summed E-state index contributed by atoms with van der Waals surface area (Å²) in [5, 5.41) is 11.4. The number of nitrogens with zero attached hydrogens (tertiary/aromatic N) is 5. The van der Waals surface area contributed by atoms with Gasteiger partial charge in [0.15, 0.2) is 5.82 Å². The lowest BCUT2D eigenvalue weighted by Gasteiger charge is -2.06. The number of fused-ring (bicyclic) bond motifs is 2. The minimum Gasteiger partial charge on any atom is -0.336 e. The van der Waals surface area contributed by atoms with E-state index in [-0.39, 0.29) is 5.91 Å². The van der Waals surface area contributed by atoms with E-state index in [0.717, 1.165) is 44.3 Å². The number of imidazole rings is 1. The maximum atomic E-state index is 11.8. The van der Waals surface area contributed by atoms with Crippen LogP contribution in [0.5, 0.6) is 0 Å². The quantitative estimate of drug-likeness (QED) is 0.333. The van der Waals surface area contributed by atoms with Crippen LogP contribution in [-0.4, -0.2) is 41.0 Å². The number of rotatable bonds is 5. The number of hydrogen-bond acceptors (Lipinski definition) is 6. The topological polar surface area (TPSA) is 125 Å². The van der Waals surface area contributed by atoms with E-state index in [4.69, 9.17) is 4.98 Å². The van der Waals surface area contributed by atoms with E-state index in [2.05, 4.69) is 35.5 Å². The lowest BCUT2D eigenvalue weighted by Crippen LogP contribution is -2.09. The van der Waals surface area contributed by atoms with Gasteiger partial charge in [0.1, 0.15) is 11.2 Å². The fourth-order valence-corrected chi connectivity index (χ4v) is 4.05. The van der Waals surface area contributed by atoms with Crippen molar-refractivity contribution >= 4 is 33.5 Å². The highest BCUT2D eigenvalue weighted by molar-refractivity contribution is 5.98. The Bertz CT molecular complexity index is 1690. The van der Waals surface area contributed by atoms with Gasteiger partial charge in [0.05, 0.1) is 28.6 Å². The Kier molecular flexibility index (Phi) is 4.99. The second-order valence-corrected chi connectivity index (χ2v) is 8.08. The molecule has 1 aromatic carbocycles. The number of aromatic nitrogens is 7. The molecule has 0 unspecified atom stereocenters. The molecule has 0 fully saturated rings. The van der Waals surface area contributed by atoms with Crippen molar-refractivity contribution in [3.05, 3.63) is 73.4 Å². The van der Waals surface area contributed by atoms with Crippen LogP contribution in [0.4, 0.5) is 5.69 Å². The molecule has 9 heteroatoms. The summed E-state index contributed by atoms with van der Waals surface area (Å²) in [6.45, 7) is 1.81. The maximum absolute atomic E-state index is 11.8. The molecule has 0 radical (unpaired) electrons. The average molecular weight is 461 g/mol. The molecule has 35 heavy (non-hydrogen) atoms. The largest absolute Gasteiger partial charge is 0.336 e. The van der Waals surface area contributed by atoms with Gasteiger partial charge in [0.25, 0.3) is 0 Å². The first kappa shape index (κ1) is 20.7. The first-order valence-electron chi connectivity index (χ1n) is 11.2. The number of pyridine rings is 3. The minimum absolute atomic E-state index is 0.0541. The number of amides is 1. The fraction of sp³-hybridized carbons (Fsp3) is 0.0769. The first-order valence-corrected chi connectivity index (χ1v) is 11.2. The van der Waals surface area contributed by atoms with E-state index in [1.165, 1.54) is 0 Å². The summed E-state index contributed by atoms with van der Waals surface area (Å²) in [5.74, 6) is 0.588. The second-order valence-electron chi connectivity index (χ2n) is 8.08. The predicted molar refractivity (Wildman–Crippen MR) is 134 cm³/mol. The molecule has 0 saturated heterocycles. The van der Waals surface area contributed by atoms with Gasteiger partial charge in [0, 0.05) is 47.7 Å². The zero-order valence-electron chi connectivity index (χ0n) is 18.8. The van der Waals surface area contributed by atoms with E-state index >= 15 is 0 Å². The van der Waals surface area contributed by atoms with E-state index in [0.29, 0.717) is 23.6 Å². The van der Waals surface area contributed by atoms with Crippen molar-refractivity contribution in [2.24, 2.45) is 0 Å². The number of carbonyl (C=O) groups excluding carboxylic acids is 1. The molecule has 3 N–H and O–H groups in total. The lowest BCUT2D eigenvalue weighted by atomic mass is 10.0. The third-order valence-electron chi connectivity index (χ3n) is 5.80. The summed E-state index contributed by atoms with van der Waals surface area (Å²) in [5.41, 5.74) is 7.38. The van der Waals surface area contributed by atoms with Gasteiger partial charge in [-0.15, -0.1) is 0 Å². The number of aromatic amines is 2. The summed E-state index contributed by atoms with van der Waals surface area (Å²) in [6.07, 6.45) is 9.08. The van der Waals surface area contributed by atoms with Crippen LogP contribution in [0.1, 0.15) is 13.3 Å². The standard InChI is InChI=1S/C26H20N8O/c1-2-22(35)30-18-10-17(13-28-14-18)15-5-6-20-19(11-15)24(34-33-20)26-31-21-7-9-29-23(25(21)32-26)16-4-3-8-27-12-16/h3-14H,2H2,1H3,(H,30,35)(H,31,32)(H,33,34). The molecule has 5 aromatic heterocycles. The third kappa shape index (κ3) is 3.78. The van der Waals surface area contributed by atoms with Crippen molar-refractivity contribution in [2.75, 3.05) is 5.32 Å². The molecule has 6 aromatic rings. The molecule has 0 bridgehead atoms. The molecule has 0 atom stereocenters. The summed E-state index contributed by atoms with van der Waals surface area (Å²) >= 11 is 0. The highest BCUT2D eigenvalue weighted by Gasteiger charge is 2.16. The third-order valence-corrected chi connectivity index (χ3v) is 5.80. The molecule has 0 aliphatic carbocycles. The van der Waals surface area contributed by atoms with Gasteiger partial charge in [-0.2, -0.15) is 5.10 Å². The van der Waals surface area contributed by atoms with E-state index < -0.39 is 0 Å². The molecule has 1 amide bonds. The summed E-state index contributed by atoms with van der Waals surface area (Å²) in [4.78, 5) is 33.1. The maximum Gasteiger partial charge on any atom is 0.224 e. The van der Waals surface area contributed by atoms with Crippen LogP contribution in [0, 0.1) is 0 Å². The molecule has 0 aliphatic heterocycles. The van der Waals surface area contributed by atoms with Crippen molar-refractivity contribution in [2.45, 2.75) is 13.3 Å². The van der Waals surface area contributed by atoms with Gasteiger partial charge >= 0.3 is 0 Å². The summed E-state index contributed by atoms with van der Waals surface area (Å²) in [7, 11) is 0. The number of anilines is 1. The van der Waals surface area contributed by atoms with Crippen LogP contribution in [0.3, 0.4) is 0 Å². The van der Waals surface area contributed by atoms with Gasteiger partial charge in [-0.3, -0.25) is 24.8 Å². The zero-order valence-corrected chi connectivity index (χ0v) is 18.8.